The van der Waals surface area contributed by atoms with Crippen LogP contribution in [0.4, 0.5) is 0 Å². The van der Waals surface area contributed by atoms with E-state index in [2.05, 4.69) is 23.0 Å². The topological polar surface area (TPSA) is 88.2 Å². The zero-order chi connectivity index (χ0) is 22.0. The quantitative estimate of drug-likeness (QED) is 0.371. The number of carbonyl (C=O) groups is 1. The maximum absolute atomic E-state index is 11.6. The number of halogens is 1. The van der Waals surface area contributed by atoms with E-state index in [9.17, 15) is 15.0 Å². The van der Waals surface area contributed by atoms with Gasteiger partial charge < -0.3 is 14.8 Å². The van der Waals surface area contributed by atoms with E-state index in [4.69, 9.17) is 11.6 Å². The van der Waals surface area contributed by atoms with Crippen molar-refractivity contribution in [2.45, 2.75) is 39.3 Å². The molecule has 0 atom stereocenters. The van der Waals surface area contributed by atoms with E-state index in [1.165, 1.54) is 11.3 Å². The Kier molecular flexibility index (Phi) is 6.36. The zero-order valence-corrected chi connectivity index (χ0v) is 18.6. The Labute approximate surface area is 188 Å². The second-order valence-electron chi connectivity index (χ2n) is 7.29. The second kappa shape index (κ2) is 9.18. The van der Waals surface area contributed by atoms with Crippen LogP contribution >= 0.6 is 22.9 Å². The number of aromatic carboxylic acids is 1. The fraction of sp³-hybridized carbons (Fsp3) is 0.261. The maximum atomic E-state index is 11.6. The third-order valence-corrected chi connectivity index (χ3v) is 6.54. The number of carboxylic acid groups (broad SMARTS) is 1. The fourth-order valence-electron chi connectivity index (χ4n) is 3.59. The molecule has 0 saturated carbocycles. The molecule has 0 fully saturated rings. The highest BCUT2D eigenvalue weighted by molar-refractivity contribution is 7.21. The normalized spacial score (nSPS) is 11.3. The lowest BCUT2D eigenvalue weighted by atomic mass is 10.1. The number of aliphatic hydroxyl groups is 1. The number of thiazole rings is 1. The molecule has 0 spiro atoms. The van der Waals surface area contributed by atoms with E-state index < -0.39 is 5.97 Å². The van der Waals surface area contributed by atoms with E-state index in [0.717, 1.165) is 40.9 Å². The number of hydrogen-bond acceptors (Lipinski definition) is 5. The number of aromatic nitrogens is 3. The van der Waals surface area contributed by atoms with Crippen molar-refractivity contribution in [3.8, 4) is 10.6 Å². The first-order valence-electron chi connectivity index (χ1n) is 10.1. The lowest BCUT2D eigenvalue weighted by molar-refractivity contribution is 0.0697. The van der Waals surface area contributed by atoms with E-state index in [0.29, 0.717) is 28.0 Å². The largest absolute Gasteiger partial charge is 0.478 e. The van der Waals surface area contributed by atoms with Gasteiger partial charge in [0.25, 0.3) is 0 Å². The minimum atomic E-state index is -0.969. The van der Waals surface area contributed by atoms with Crippen molar-refractivity contribution in [2.75, 3.05) is 0 Å². The Hall–Kier alpha value is -2.74. The third-order valence-electron chi connectivity index (χ3n) is 5.19. The van der Waals surface area contributed by atoms with Crippen molar-refractivity contribution in [2.24, 2.45) is 0 Å². The number of aryl methyl sites for hydroxylation is 1. The first kappa shape index (κ1) is 21.5. The van der Waals surface area contributed by atoms with E-state index in [1.807, 2.05) is 22.8 Å². The Morgan fingerprint density at radius 3 is 2.74 bits per heavy atom. The molecule has 4 rings (SSSR count). The lowest BCUT2D eigenvalue weighted by Crippen LogP contribution is -2.09. The van der Waals surface area contributed by atoms with Crippen LogP contribution in [0.25, 0.3) is 20.8 Å². The van der Waals surface area contributed by atoms with Crippen molar-refractivity contribution in [3.05, 3.63) is 70.3 Å². The van der Waals surface area contributed by atoms with Crippen molar-refractivity contribution < 1.29 is 15.0 Å². The Morgan fingerprint density at radius 1 is 1.19 bits per heavy atom. The predicted molar refractivity (Wildman–Crippen MR) is 123 cm³/mol. The van der Waals surface area contributed by atoms with Gasteiger partial charge in [-0.15, -0.1) is 11.3 Å². The number of carboxylic acids is 1. The first-order valence-corrected chi connectivity index (χ1v) is 11.3. The molecule has 2 N–H and O–H groups in total. The van der Waals surface area contributed by atoms with Crippen molar-refractivity contribution in [1.82, 2.24) is 14.5 Å². The van der Waals surface area contributed by atoms with Crippen LogP contribution in [0, 0.1) is 0 Å². The molecule has 2 aromatic carbocycles. The molecule has 8 heteroatoms. The molecule has 0 aliphatic rings. The smallest absolute Gasteiger partial charge is 0.336 e. The van der Waals surface area contributed by atoms with E-state index in [1.54, 1.807) is 18.2 Å². The summed E-state index contributed by atoms with van der Waals surface area (Å²) in [6.45, 7) is 2.50. The summed E-state index contributed by atoms with van der Waals surface area (Å²) in [5.41, 5.74) is 3.33. The van der Waals surface area contributed by atoms with Crippen molar-refractivity contribution in [3.63, 3.8) is 0 Å². The average molecular weight is 456 g/mol. The molecule has 0 saturated heterocycles. The second-order valence-corrected chi connectivity index (χ2v) is 8.67. The summed E-state index contributed by atoms with van der Waals surface area (Å²) >= 11 is 7.72. The van der Waals surface area contributed by atoms with Crippen LogP contribution in [0.3, 0.4) is 0 Å². The number of benzene rings is 2. The SMILES string of the molecule is CCCCc1nc(Cl)c(CO)n1Cc1ccc2nc(-c3ccccc3C(=O)O)sc2c1. The Bertz CT molecular complexity index is 1250. The molecule has 31 heavy (non-hydrogen) atoms. The molecular formula is C23H22ClN3O3S. The van der Waals surface area contributed by atoms with Gasteiger partial charge in [-0.25, -0.2) is 14.8 Å². The monoisotopic (exact) mass is 455 g/mol. The van der Waals surface area contributed by atoms with Crippen LogP contribution < -0.4 is 0 Å². The van der Waals surface area contributed by atoms with Crippen molar-refractivity contribution in [1.29, 1.82) is 0 Å². The highest BCUT2D eigenvalue weighted by Gasteiger charge is 2.17. The van der Waals surface area contributed by atoms with Crippen LogP contribution in [0.2, 0.25) is 5.15 Å². The molecular weight excluding hydrogens is 434 g/mol. The van der Waals surface area contributed by atoms with Crippen LogP contribution in [0.1, 0.15) is 47.2 Å². The molecule has 2 heterocycles. The third kappa shape index (κ3) is 4.35. The molecule has 4 aromatic rings. The summed E-state index contributed by atoms with van der Waals surface area (Å²) in [7, 11) is 0. The van der Waals surface area contributed by atoms with Gasteiger partial charge in [-0.05, 0) is 30.2 Å². The Balaban J connectivity index is 1.70. The summed E-state index contributed by atoms with van der Waals surface area (Å²) < 4.78 is 2.96. The zero-order valence-electron chi connectivity index (χ0n) is 17.0. The van der Waals surface area contributed by atoms with Gasteiger partial charge in [-0.3, -0.25) is 0 Å². The van der Waals surface area contributed by atoms with Crippen LogP contribution in [0.5, 0.6) is 0 Å². The summed E-state index contributed by atoms with van der Waals surface area (Å²) in [4.78, 5) is 20.7. The standard InChI is InChI=1S/C23H22ClN3O3S/c1-2-3-8-20-26-21(24)18(13-28)27(20)12-14-9-10-17-19(11-14)31-22(25-17)15-6-4-5-7-16(15)23(29)30/h4-7,9-11,28H,2-3,8,12-13H2,1H3,(H,29,30). The summed E-state index contributed by atoms with van der Waals surface area (Å²) in [6, 6.07) is 12.9. The molecule has 0 aliphatic heterocycles. The minimum absolute atomic E-state index is 0.170. The Morgan fingerprint density at radius 2 is 2.00 bits per heavy atom. The van der Waals surface area contributed by atoms with Gasteiger partial charge >= 0.3 is 5.97 Å². The van der Waals surface area contributed by atoms with Gasteiger partial charge in [0.05, 0.1) is 28.1 Å². The van der Waals surface area contributed by atoms with Gasteiger partial charge in [0.2, 0.25) is 0 Å². The molecule has 2 aromatic heterocycles. The average Bonchev–Trinajstić information content (AvgIpc) is 3.32. The fourth-order valence-corrected chi connectivity index (χ4v) is 4.92. The molecule has 0 amide bonds. The summed E-state index contributed by atoms with van der Waals surface area (Å²) in [6.07, 6.45) is 2.85. The van der Waals surface area contributed by atoms with Crippen LogP contribution in [-0.4, -0.2) is 30.7 Å². The van der Waals surface area contributed by atoms with Crippen LogP contribution in [0.15, 0.2) is 42.5 Å². The van der Waals surface area contributed by atoms with Gasteiger partial charge in [0, 0.05) is 18.5 Å². The minimum Gasteiger partial charge on any atom is -0.478 e. The van der Waals surface area contributed by atoms with E-state index in [-0.39, 0.29) is 12.2 Å². The molecule has 0 radical (unpaired) electrons. The summed E-state index contributed by atoms with van der Waals surface area (Å²) in [5.74, 6) is -0.0972. The molecule has 160 valence electrons. The number of unbranched alkanes of at least 4 members (excludes halogenated alkanes) is 1. The van der Waals surface area contributed by atoms with E-state index >= 15 is 0 Å². The van der Waals surface area contributed by atoms with Gasteiger partial charge in [-0.1, -0.05) is 49.2 Å². The van der Waals surface area contributed by atoms with Crippen molar-refractivity contribution >= 4 is 39.1 Å². The number of imidazole rings is 1. The number of aliphatic hydroxyl groups excluding tert-OH is 1. The van der Waals surface area contributed by atoms with Gasteiger partial charge in [-0.2, -0.15) is 0 Å². The highest BCUT2D eigenvalue weighted by atomic mass is 35.5. The summed E-state index contributed by atoms with van der Waals surface area (Å²) in [5, 5.41) is 20.3. The number of fused-ring (bicyclic) bond motifs is 1. The van der Waals surface area contributed by atoms with Gasteiger partial charge in [0.1, 0.15) is 10.8 Å². The maximum Gasteiger partial charge on any atom is 0.336 e. The van der Waals surface area contributed by atoms with Gasteiger partial charge in [0.15, 0.2) is 5.15 Å². The molecule has 0 aliphatic carbocycles. The predicted octanol–water partition coefficient (Wildman–Crippen LogP) is 5.39. The molecule has 6 nitrogen and oxygen atoms in total. The van der Waals surface area contributed by atoms with Crippen LogP contribution in [-0.2, 0) is 19.6 Å². The lowest BCUT2D eigenvalue weighted by Gasteiger charge is -2.11. The number of hydrogen-bond donors (Lipinski definition) is 2. The number of rotatable bonds is 8. The molecule has 0 bridgehead atoms. The first-order chi connectivity index (χ1) is 15.0. The number of nitrogens with zero attached hydrogens (tertiary/aromatic N) is 3. The highest BCUT2D eigenvalue weighted by Crippen LogP contribution is 2.33. The molecule has 0 unspecified atom stereocenters.